The molecule has 12 heteroatoms. The maximum Gasteiger partial charge on any atom is 0.261 e. The zero-order valence-corrected chi connectivity index (χ0v) is 28.6. The van der Waals surface area contributed by atoms with Crippen LogP contribution in [-0.2, 0) is 16.1 Å². The number of carbonyl (C=O) groups excluding carboxylic acids is 2. The molecule has 0 radical (unpaired) electrons. The molecule has 2 aromatic carbocycles. The van der Waals surface area contributed by atoms with Crippen molar-refractivity contribution in [3.63, 3.8) is 0 Å². The molecule has 0 saturated carbocycles. The van der Waals surface area contributed by atoms with Gasteiger partial charge in [0.15, 0.2) is 0 Å². The molecular formula is C34H45Cl3N6O3. The van der Waals surface area contributed by atoms with Crippen molar-refractivity contribution in [3.05, 3.63) is 64.2 Å². The molecule has 0 spiro atoms. The Morgan fingerprint density at radius 2 is 1.26 bits per heavy atom. The molecule has 0 aliphatic carbocycles. The average molecular weight is 692 g/mol. The zero-order chi connectivity index (χ0) is 29.6. The Morgan fingerprint density at radius 1 is 0.717 bits per heavy atom. The maximum atomic E-state index is 13.4. The molecule has 0 atom stereocenters. The highest BCUT2D eigenvalue weighted by Gasteiger charge is 2.21. The van der Waals surface area contributed by atoms with Crippen LogP contribution in [0, 0.1) is 0 Å². The van der Waals surface area contributed by atoms with Crippen LogP contribution >= 0.6 is 37.2 Å². The van der Waals surface area contributed by atoms with Crippen LogP contribution in [0.1, 0.15) is 69.2 Å². The summed E-state index contributed by atoms with van der Waals surface area (Å²) in [6.45, 7) is 6.46. The third kappa shape index (κ3) is 9.55. The predicted molar refractivity (Wildman–Crippen MR) is 194 cm³/mol. The van der Waals surface area contributed by atoms with E-state index in [0.717, 1.165) is 56.1 Å². The second kappa shape index (κ2) is 17.8. The first kappa shape index (κ1) is 37.5. The second-order valence-corrected chi connectivity index (χ2v) is 12.1. The molecule has 2 fully saturated rings. The van der Waals surface area contributed by atoms with Gasteiger partial charge in [-0.1, -0.05) is 25.0 Å². The van der Waals surface area contributed by atoms with Crippen LogP contribution in [0.4, 0.5) is 11.4 Å². The Morgan fingerprint density at radius 3 is 1.85 bits per heavy atom. The van der Waals surface area contributed by atoms with E-state index in [1.807, 2.05) is 36.4 Å². The number of halogens is 3. The molecule has 3 aliphatic heterocycles. The van der Waals surface area contributed by atoms with Crippen molar-refractivity contribution in [3.8, 4) is 0 Å². The Bertz CT molecular complexity index is 1560. The van der Waals surface area contributed by atoms with Gasteiger partial charge in [0.05, 0.1) is 10.9 Å². The van der Waals surface area contributed by atoms with Crippen molar-refractivity contribution < 1.29 is 9.59 Å². The highest BCUT2D eigenvalue weighted by atomic mass is 35.5. The van der Waals surface area contributed by atoms with Crippen molar-refractivity contribution in [2.45, 2.75) is 64.3 Å². The Labute approximate surface area is 289 Å². The summed E-state index contributed by atoms with van der Waals surface area (Å²) in [7, 11) is 0. The van der Waals surface area contributed by atoms with Gasteiger partial charge < -0.3 is 20.4 Å². The van der Waals surface area contributed by atoms with Gasteiger partial charge in [-0.25, -0.2) is 4.98 Å². The van der Waals surface area contributed by atoms with Gasteiger partial charge in [-0.2, -0.15) is 0 Å². The number of allylic oxidation sites excluding steroid dienone is 1. The van der Waals surface area contributed by atoms with Gasteiger partial charge >= 0.3 is 0 Å². The number of nitrogens with one attached hydrogen (secondary N) is 2. The van der Waals surface area contributed by atoms with E-state index >= 15 is 0 Å². The van der Waals surface area contributed by atoms with Crippen LogP contribution < -0.4 is 16.2 Å². The highest BCUT2D eigenvalue weighted by molar-refractivity contribution is 5.94. The fourth-order valence-electron chi connectivity index (χ4n) is 6.43. The van der Waals surface area contributed by atoms with Gasteiger partial charge in [-0.3, -0.25) is 19.0 Å². The molecule has 250 valence electrons. The first-order valence-corrected chi connectivity index (χ1v) is 15.9. The van der Waals surface area contributed by atoms with Crippen molar-refractivity contribution in [2.24, 2.45) is 0 Å². The molecule has 2 saturated heterocycles. The van der Waals surface area contributed by atoms with E-state index in [-0.39, 0.29) is 54.6 Å². The van der Waals surface area contributed by atoms with Crippen LogP contribution in [0.5, 0.6) is 0 Å². The lowest BCUT2D eigenvalue weighted by Gasteiger charge is -2.25. The molecule has 46 heavy (non-hydrogen) atoms. The van der Waals surface area contributed by atoms with E-state index < -0.39 is 0 Å². The molecule has 1 aromatic heterocycles. The molecule has 0 unspecified atom stereocenters. The minimum absolute atomic E-state index is 0. The van der Waals surface area contributed by atoms with Crippen molar-refractivity contribution >= 4 is 83.0 Å². The fourth-order valence-corrected chi connectivity index (χ4v) is 6.43. The van der Waals surface area contributed by atoms with Gasteiger partial charge in [0.1, 0.15) is 5.82 Å². The number of piperidine rings is 2. The van der Waals surface area contributed by atoms with Crippen LogP contribution in [-0.4, -0.2) is 70.4 Å². The second-order valence-electron chi connectivity index (χ2n) is 12.1. The number of rotatable bonds is 9. The van der Waals surface area contributed by atoms with E-state index in [2.05, 4.69) is 26.5 Å². The zero-order valence-electron chi connectivity index (χ0n) is 26.2. The monoisotopic (exact) mass is 690 g/mol. The molecule has 3 aromatic rings. The van der Waals surface area contributed by atoms with E-state index in [0.29, 0.717) is 48.2 Å². The lowest BCUT2D eigenvalue weighted by molar-refractivity contribution is -0.117. The molecule has 2 amide bonds. The lowest BCUT2D eigenvalue weighted by atomic mass is 10.1. The fraction of sp³-hybridized carbons (Fsp3) is 0.471. The number of anilines is 2. The summed E-state index contributed by atoms with van der Waals surface area (Å²) in [5, 5.41) is 6.49. The molecule has 3 aliphatic rings. The third-order valence-corrected chi connectivity index (χ3v) is 8.87. The van der Waals surface area contributed by atoms with Crippen molar-refractivity contribution in [1.82, 2.24) is 19.4 Å². The molecule has 4 heterocycles. The summed E-state index contributed by atoms with van der Waals surface area (Å²) in [5.74, 6) is 0.690. The molecular weight excluding hydrogens is 647 g/mol. The smallest absolute Gasteiger partial charge is 0.261 e. The third-order valence-electron chi connectivity index (χ3n) is 8.87. The normalized spacial score (nSPS) is 17.3. The number of amides is 2. The molecule has 2 N–H and O–H groups in total. The minimum Gasteiger partial charge on any atom is -0.326 e. The first-order chi connectivity index (χ1) is 21.0. The minimum atomic E-state index is -0.0876. The molecule has 0 bridgehead atoms. The largest absolute Gasteiger partial charge is 0.326 e. The number of fused-ring (bicyclic) bond motifs is 2. The van der Waals surface area contributed by atoms with E-state index in [9.17, 15) is 14.4 Å². The van der Waals surface area contributed by atoms with E-state index in [4.69, 9.17) is 4.98 Å². The summed E-state index contributed by atoms with van der Waals surface area (Å²) in [6.07, 6.45) is 11.2. The van der Waals surface area contributed by atoms with Crippen molar-refractivity contribution in [2.75, 3.05) is 49.9 Å². The predicted octanol–water partition coefficient (Wildman–Crippen LogP) is 6.24. The summed E-state index contributed by atoms with van der Waals surface area (Å²) in [4.78, 5) is 48.0. The number of hydrogen-bond donors (Lipinski definition) is 2. The highest BCUT2D eigenvalue weighted by Crippen LogP contribution is 2.28. The quantitative estimate of drug-likeness (QED) is 0.276. The summed E-state index contributed by atoms with van der Waals surface area (Å²) in [5.41, 5.74) is 3.95. The van der Waals surface area contributed by atoms with Gasteiger partial charge in [0.2, 0.25) is 11.8 Å². The maximum absolute atomic E-state index is 13.4. The topological polar surface area (TPSA) is 99.6 Å². The SMILES string of the molecule is Cl.Cl.Cl.O=C(CCN1CCCCC1)Nc1ccc(/C=C2\CCn3c2nc2ccc(NC(=O)CCN4CCCCC4)cc2c3=O)cc1. The molecule has 6 rings (SSSR count). The van der Waals surface area contributed by atoms with Crippen molar-refractivity contribution in [1.29, 1.82) is 0 Å². The number of aromatic nitrogens is 2. The van der Waals surface area contributed by atoms with Crippen LogP contribution in [0.2, 0.25) is 0 Å². The number of likely N-dealkylation sites (tertiary alicyclic amines) is 2. The van der Waals surface area contributed by atoms with Crippen LogP contribution in [0.25, 0.3) is 22.6 Å². The van der Waals surface area contributed by atoms with Crippen LogP contribution in [0.15, 0.2) is 47.3 Å². The van der Waals surface area contributed by atoms with Gasteiger partial charge in [0.25, 0.3) is 5.56 Å². The Kier molecular flexibility index (Phi) is 14.5. The van der Waals surface area contributed by atoms with Gasteiger partial charge in [0, 0.05) is 43.9 Å². The van der Waals surface area contributed by atoms with E-state index in [1.165, 1.54) is 38.5 Å². The average Bonchev–Trinajstić information content (AvgIpc) is 3.44. The Balaban J connectivity index is 0.00000192. The summed E-state index contributed by atoms with van der Waals surface area (Å²) < 4.78 is 1.73. The molecule has 9 nitrogen and oxygen atoms in total. The number of nitrogens with zero attached hydrogens (tertiary/aromatic N) is 4. The lowest BCUT2D eigenvalue weighted by Crippen LogP contribution is -2.32. The van der Waals surface area contributed by atoms with Gasteiger partial charge in [-0.05, 0) is 106 Å². The first-order valence-electron chi connectivity index (χ1n) is 15.9. The Hall–Kier alpha value is -2.95. The van der Waals surface area contributed by atoms with Crippen LogP contribution in [0.3, 0.4) is 0 Å². The van der Waals surface area contributed by atoms with E-state index in [1.54, 1.807) is 10.6 Å². The van der Waals surface area contributed by atoms with Gasteiger partial charge in [-0.15, -0.1) is 37.2 Å². The summed E-state index contributed by atoms with van der Waals surface area (Å²) >= 11 is 0. The standard InChI is InChI=1S/C34H42N6O3.3ClH/c41-31(14-20-38-16-3-1-4-17-38)35-27-9-7-25(8-10-27)23-26-13-22-40-33(26)37-30-12-11-28(24-29(30)34(40)43)36-32(42)15-21-39-18-5-2-6-19-39;;;/h7-12,23-24H,1-6,13-22H2,(H,35,41)(H,36,42);3*1H/b26-23+;;;. The summed E-state index contributed by atoms with van der Waals surface area (Å²) in [6, 6.07) is 13.2. The number of carbonyl (C=O) groups is 2. The number of benzene rings is 2. The number of hydrogen-bond acceptors (Lipinski definition) is 6.